The summed E-state index contributed by atoms with van der Waals surface area (Å²) in [4.78, 5) is 0. The van der Waals surface area contributed by atoms with Crippen molar-refractivity contribution in [2.45, 2.75) is 6.42 Å². The lowest BCUT2D eigenvalue weighted by Gasteiger charge is -2.06. The Hall–Kier alpha value is -1.44. The van der Waals surface area contributed by atoms with Gasteiger partial charge < -0.3 is 10.1 Å². The molecule has 0 fully saturated rings. The van der Waals surface area contributed by atoms with Crippen LogP contribution in [0.2, 0.25) is 0 Å². The molecule has 1 aliphatic rings. The molecular formula is C11H13NO. The van der Waals surface area contributed by atoms with Crippen LogP contribution in [0, 0.1) is 0 Å². The third-order valence-electron chi connectivity index (χ3n) is 2.19. The summed E-state index contributed by atoms with van der Waals surface area (Å²) in [6, 6.07) is 8.10. The first-order chi connectivity index (χ1) is 6.40. The van der Waals surface area contributed by atoms with Crippen LogP contribution in [0.4, 0.5) is 0 Å². The molecule has 0 spiro atoms. The lowest BCUT2D eigenvalue weighted by Crippen LogP contribution is -2.06. The van der Waals surface area contributed by atoms with Gasteiger partial charge in [0.1, 0.15) is 5.75 Å². The molecule has 0 saturated carbocycles. The first-order valence-electron chi connectivity index (χ1n) is 4.48. The van der Waals surface area contributed by atoms with E-state index in [9.17, 15) is 0 Å². The van der Waals surface area contributed by atoms with Crippen LogP contribution in [-0.2, 0) is 0 Å². The van der Waals surface area contributed by atoms with E-state index in [4.69, 9.17) is 4.74 Å². The van der Waals surface area contributed by atoms with E-state index in [0.29, 0.717) is 0 Å². The van der Waals surface area contributed by atoms with Crippen molar-refractivity contribution in [1.82, 2.24) is 5.32 Å². The van der Waals surface area contributed by atoms with E-state index in [-0.39, 0.29) is 0 Å². The van der Waals surface area contributed by atoms with Crippen LogP contribution in [0.5, 0.6) is 5.75 Å². The summed E-state index contributed by atoms with van der Waals surface area (Å²) in [5.41, 5.74) is 2.43. The van der Waals surface area contributed by atoms with Crippen LogP contribution in [0.1, 0.15) is 12.0 Å². The molecule has 13 heavy (non-hydrogen) atoms. The van der Waals surface area contributed by atoms with Crippen LogP contribution < -0.4 is 10.1 Å². The first-order valence-corrected chi connectivity index (χ1v) is 4.48. The van der Waals surface area contributed by atoms with Gasteiger partial charge in [0, 0.05) is 17.8 Å². The van der Waals surface area contributed by atoms with Crippen molar-refractivity contribution in [3.05, 3.63) is 35.9 Å². The van der Waals surface area contributed by atoms with Gasteiger partial charge in [-0.15, -0.1) is 0 Å². The highest BCUT2D eigenvalue weighted by Crippen LogP contribution is 2.20. The Morgan fingerprint density at radius 1 is 1.38 bits per heavy atom. The molecule has 2 heteroatoms. The molecule has 0 aliphatic carbocycles. The molecule has 68 valence electrons. The van der Waals surface area contributed by atoms with Gasteiger partial charge in [-0.05, 0) is 18.6 Å². The van der Waals surface area contributed by atoms with Gasteiger partial charge in [-0.25, -0.2) is 0 Å². The van der Waals surface area contributed by atoms with Crippen molar-refractivity contribution >= 4 is 5.70 Å². The van der Waals surface area contributed by atoms with Crippen molar-refractivity contribution in [1.29, 1.82) is 0 Å². The van der Waals surface area contributed by atoms with Gasteiger partial charge in [0.2, 0.25) is 0 Å². The maximum absolute atomic E-state index is 5.16. The fourth-order valence-corrected chi connectivity index (χ4v) is 1.51. The highest BCUT2D eigenvalue weighted by molar-refractivity contribution is 5.66. The molecule has 1 heterocycles. The summed E-state index contributed by atoms with van der Waals surface area (Å²) in [6.07, 6.45) is 3.33. The molecule has 0 bridgehead atoms. The van der Waals surface area contributed by atoms with E-state index in [1.807, 2.05) is 18.2 Å². The average molecular weight is 175 g/mol. The largest absolute Gasteiger partial charge is 0.497 e. The zero-order valence-corrected chi connectivity index (χ0v) is 7.71. The second kappa shape index (κ2) is 3.52. The quantitative estimate of drug-likeness (QED) is 0.742. The highest BCUT2D eigenvalue weighted by atomic mass is 16.5. The van der Waals surface area contributed by atoms with Crippen molar-refractivity contribution in [3.8, 4) is 5.75 Å². The average Bonchev–Trinajstić information content (AvgIpc) is 2.71. The maximum atomic E-state index is 5.16. The number of hydrogen-bond acceptors (Lipinski definition) is 2. The molecule has 0 saturated heterocycles. The Labute approximate surface area is 78.2 Å². The SMILES string of the molecule is COc1cccc(C2=CCCN2)c1. The molecule has 2 rings (SSSR count). The molecular weight excluding hydrogens is 162 g/mol. The van der Waals surface area contributed by atoms with E-state index in [0.717, 1.165) is 18.7 Å². The second-order valence-corrected chi connectivity index (χ2v) is 3.07. The number of methoxy groups -OCH3 is 1. The molecule has 1 aliphatic heterocycles. The zero-order valence-electron chi connectivity index (χ0n) is 7.71. The smallest absolute Gasteiger partial charge is 0.119 e. The lowest BCUT2D eigenvalue weighted by molar-refractivity contribution is 0.414. The van der Waals surface area contributed by atoms with Gasteiger partial charge in [-0.2, -0.15) is 0 Å². The van der Waals surface area contributed by atoms with Crippen molar-refractivity contribution in [2.24, 2.45) is 0 Å². The van der Waals surface area contributed by atoms with Crippen LogP contribution >= 0.6 is 0 Å². The Morgan fingerprint density at radius 3 is 3.00 bits per heavy atom. The Bertz CT molecular complexity index is 331. The highest BCUT2D eigenvalue weighted by Gasteiger charge is 2.05. The van der Waals surface area contributed by atoms with Crippen molar-refractivity contribution < 1.29 is 4.74 Å². The minimum absolute atomic E-state index is 0.909. The monoisotopic (exact) mass is 175 g/mol. The standard InChI is InChI=1S/C11H13NO/c1-13-10-5-2-4-9(8-10)11-6-3-7-12-11/h2,4-6,8,12H,3,7H2,1H3. The van der Waals surface area contributed by atoms with Gasteiger partial charge >= 0.3 is 0 Å². The third kappa shape index (κ3) is 1.66. The molecule has 1 N–H and O–H groups in total. The van der Waals surface area contributed by atoms with Gasteiger partial charge in [0.15, 0.2) is 0 Å². The molecule has 2 nitrogen and oxygen atoms in total. The van der Waals surface area contributed by atoms with Crippen LogP contribution in [0.15, 0.2) is 30.3 Å². The topological polar surface area (TPSA) is 21.3 Å². The zero-order chi connectivity index (χ0) is 9.10. The molecule has 1 aromatic carbocycles. The van der Waals surface area contributed by atoms with Gasteiger partial charge in [-0.1, -0.05) is 18.2 Å². The minimum Gasteiger partial charge on any atom is -0.497 e. The second-order valence-electron chi connectivity index (χ2n) is 3.07. The predicted octanol–water partition coefficient (Wildman–Crippen LogP) is 2.03. The number of hydrogen-bond donors (Lipinski definition) is 1. The van der Waals surface area contributed by atoms with E-state index in [1.54, 1.807) is 7.11 Å². The molecule has 0 amide bonds. The Kier molecular flexibility index (Phi) is 2.21. The van der Waals surface area contributed by atoms with E-state index >= 15 is 0 Å². The van der Waals surface area contributed by atoms with Crippen molar-refractivity contribution in [2.75, 3.05) is 13.7 Å². The Balaban J connectivity index is 2.29. The number of nitrogens with one attached hydrogen (secondary N) is 1. The van der Waals surface area contributed by atoms with Gasteiger partial charge in [0.25, 0.3) is 0 Å². The first kappa shape index (κ1) is 8.17. The van der Waals surface area contributed by atoms with Crippen LogP contribution in [0.3, 0.4) is 0 Å². The van der Waals surface area contributed by atoms with E-state index in [1.165, 1.54) is 11.3 Å². The molecule has 0 atom stereocenters. The van der Waals surface area contributed by atoms with Crippen LogP contribution in [-0.4, -0.2) is 13.7 Å². The fourth-order valence-electron chi connectivity index (χ4n) is 1.51. The lowest BCUT2D eigenvalue weighted by atomic mass is 10.1. The van der Waals surface area contributed by atoms with E-state index in [2.05, 4.69) is 17.5 Å². The van der Waals surface area contributed by atoms with Gasteiger partial charge in [-0.3, -0.25) is 0 Å². The summed E-state index contributed by atoms with van der Waals surface area (Å²) in [5.74, 6) is 0.909. The van der Waals surface area contributed by atoms with Crippen LogP contribution in [0.25, 0.3) is 5.70 Å². The fraction of sp³-hybridized carbons (Fsp3) is 0.273. The minimum atomic E-state index is 0.909. The predicted molar refractivity (Wildman–Crippen MR) is 53.6 cm³/mol. The van der Waals surface area contributed by atoms with E-state index < -0.39 is 0 Å². The summed E-state index contributed by atoms with van der Waals surface area (Å²) in [7, 11) is 1.69. The summed E-state index contributed by atoms with van der Waals surface area (Å²) in [6.45, 7) is 1.05. The molecule has 1 aromatic rings. The molecule has 0 unspecified atom stereocenters. The molecule has 0 aromatic heterocycles. The summed E-state index contributed by atoms with van der Waals surface area (Å²) in [5, 5.41) is 3.33. The number of rotatable bonds is 2. The molecule has 0 radical (unpaired) electrons. The normalized spacial score (nSPS) is 15.0. The van der Waals surface area contributed by atoms with Gasteiger partial charge in [0.05, 0.1) is 7.11 Å². The summed E-state index contributed by atoms with van der Waals surface area (Å²) >= 11 is 0. The maximum Gasteiger partial charge on any atom is 0.119 e. The number of benzene rings is 1. The third-order valence-corrected chi connectivity index (χ3v) is 2.19. The summed E-state index contributed by atoms with van der Waals surface area (Å²) < 4.78 is 5.16. The Morgan fingerprint density at radius 2 is 2.31 bits per heavy atom. The number of ether oxygens (including phenoxy) is 1. The van der Waals surface area contributed by atoms with Crippen molar-refractivity contribution in [3.63, 3.8) is 0 Å².